The van der Waals surface area contributed by atoms with Gasteiger partial charge in [-0.1, -0.05) is 29.8 Å². The zero-order valence-electron chi connectivity index (χ0n) is 12.3. The molecule has 0 fully saturated rings. The second-order valence-electron chi connectivity index (χ2n) is 5.20. The lowest BCUT2D eigenvalue weighted by molar-refractivity contribution is 0.0642. The van der Waals surface area contributed by atoms with E-state index in [1.165, 1.54) is 12.1 Å². The van der Waals surface area contributed by atoms with Crippen molar-refractivity contribution in [1.29, 1.82) is 0 Å². The Hall–Kier alpha value is -2.47. The van der Waals surface area contributed by atoms with Gasteiger partial charge in [-0.15, -0.1) is 0 Å². The Morgan fingerprint density at radius 2 is 1.67 bits per heavy atom. The van der Waals surface area contributed by atoms with Gasteiger partial charge in [-0.3, -0.25) is 14.5 Å². The summed E-state index contributed by atoms with van der Waals surface area (Å²) >= 11 is 6.11. The summed E-state index contributed by atoms with van der Waals surface area (Å²) in [5.74, 6) is -0.569. The maximum Gasteiger partial charge on any atom is 0.272 e. The fraction of sp³-hybridized carbons (Fsp3) is 0.176. The molecule has 0 aliphatic carbocycles. The number of hydrogen-bond acceptors (Lipinski definition) is 3. The topological polar surface area (TPSA) is 46.6 Å². The summed E-state index contributed by atoms with van der Waals surface area (Å²) < 4.78 is 29.2. The van der Waals surface area contributed by atoms with Gasteiger partial charge in [-0.25, -0.2) is 8.78 Å². The highest BCUT2D eigenvalue weighted by Gasteiger charge is 2.35. The van der Waals surface area contributed by atoms with E-state index in [4.69, 9.17) is 16.3 Å². The lowest BCUT2D eigenvalue weighted by Gasteiger charge is -2.15. The Kier molecular flexibility index (Phi) is 4.49. The van der Waals surface area contributed by atoms with Crippen LogP contribution in [0, 0.1) is 0 Å². The molecule has 24 heavy (non-hydrogen) atoms. The molecule has 0 radical (unpaired) electrons. The largest absolute Gasteiger partial charge is 0.488 e. The number of fused-ring (bicyclic) bond motifs is 1. The lowest BCUT2D eigenvalue weighted by Crippen LogP contribution is -2.29. The van der Waals surface area contributed by atoms with Crippen molar-refractivity contribution >= 4 is 23.4 Å². The lowest BCUT2D eigenvalue weighted by atomic mass is 10.1. The van der Waals surface area contributed by atoms with E-state index >= 15 is 0 Å². The highest BCUT2D eigenvalue weighted by Crippen LogP contribution is 2.28. The molecule has 4 nitrogen and oxygen atoms in total. The van der Waals surface area contributed by atoms with Crippen LogP contribution in [0.15, 0.2) is 42.5 Å². The van der Waals surface area contributed by atoms with Gasteiger partial charge in [0, 0.05) is 5.02 Å². The van der Waals surface area contributed by atoms with Gasteiger partial charge in [0.25, 0.3) is 18.2 Å². The van der Waals surface area contributed by atoms with Crippen molar-refractivity contribution in [3.05, 3.63) is 64.2 Å². The van der Waals surface area contributed by atoms with Crippen LogP contribution in [0.25, 0.3) is 0 Å². The number of halogens is 3. The number of nitrogens with zero attached hydrogens (tertiary/aromatic N) is 1. The predicted octanol–water partition coefficient (Wildman–Crippen LogP) is 3.78. The fourth-order valence-corrected chi connectivity index (χ4v) is 2.69. The maximum atomic E-state index is 12.3. The number of carbonyl (C=O) groups excluding carboxylic acids is 2. The molecule has 0 unspecified atom stereocenters. The first-order chi connectivity index (χ1) is 11.5. The normalized spacial score (nSPS) is 13.6. The van der Waals surface area contributed by atoms with Crippen LogP contribution in [-0.4, -0.2) is 29.7 Å². The first-order valence-corrected chi connectivity index (χ1v) is 7.50. The summed E-state index contributed by atoms with van der Waals surface area (Å²) in [6, 6.07) is 11.0. The van der Waals surface area contributed by atoms with Gasteiger partial charge in [0.2, 0.25) is 0 Å². The van der Waals surface area contributed by atoms with Crippen molar-refractivity contribution in [3.8, 4) is 5.75 Å². The summed E-state index contributed by atoms with van der Waals surface area (Å²) in [4.78, 5) is 25.7. The fourth-order valence-electron chi connectivity index (χ4n) is 2.46. The smallest absolute Gasteiger partial charge is 0.272 e. The second-order valence-corrected chi connectivity index (χ2v) is 5.60. The highest BCUT2D eigenvalue weighted by molar-refractivity contribution is 6.31. The van der Waals surface area contributed by atoms with E-state index < -0.39 is 13.0 Å². The first-order valence-electron chi connectivity index (χ1n) is 7.12. The zero-order chi connectivity index (χ0) is 17.3. The molecule has 1 aliphatic heterocycles. The molecule has 2 aromatic rings. The van der Waals surface area contributed by atoms with Crippen LogP contribution in [0.3, 0.4) is 0 Å². The minimum atomic E-state index is -2.58. The van der Waals surface area contributed by atoms with E-state index in [9.17, 15) is 18.4 Å². The molecule has 1 aliphatic rings. The van der Waals surface area contributed by atoms with Crippen LogP contribution in [0.4, 0.5) is 8.78 Å². The standard InChI is InChI=1S/C17H12ClF2NO3/c18-14-7-11(24-9-15(19)20)6-5-10(14)8-21-16(22)12-3-1-2-4-13(12)17(21)23/h1-7,15H,8-9H2. The number of carbonyl (C=O) groups is 2. The third-order valence-corrected chi connectivity index (χ3v) is 3.96. The molecular weight excluding hydrogens is 340 g/mol. The van der Waals surface area contributed by atoms with Crippen molar-refractivity contribution in [1.82, 2.24) is 4.90 Å². The number of amides is 2. The van der Waals surface area contributed by atoms with Crippen molar-refractivity contribution in [3.63, 3.8) is 0 Å². The molecule has 124 valence electrons. The van der Waals surface area contributed by atoms with E-state index in [1.807, 2.05) is 0 Å². The third-order valence-electron chi connectivity index (χ3n) is 3.61. The van der Waals surface area contributed by atoms with Gasteiger partial charge in [0.1, 0.15) is 12.4 Å². The molecule has 0 N–H and O–H groups in total. The molecule has 3 rings (SSSR count). The van der Waals surface area contributed by atoms with Crippen LogP contribution in [-0.2, 0) is 6.54 Å². The summed E-state index contributed by atoms with van der Waals surface area (Å²) in [6.45, 7) is -0.728. The Morgan fingerprint density at radius 1 is 1.04 bits per heavy atom. The molecule has 2 aromatic carbocycles. The van der Waals surface area contributed by atoms with Crippen molar-refractivity contribution < 1.29 is 23.1 Å². The minimum Gasteiger partial charge on any atom is -0.488 e. The molecule has 0 spiro atoms. The average Bonchev–Trinajstić information content (AvgIpc) is 2.80. The van der Waals surface area contributed by atoms with Crippen LogP contribution in [0.2, 0.25) is 5.02 Å². The van der Waals surface area contributed by atoms with E-state index in [0.717, 1.165) is 4.90 Å². The van der Waals surface area contributed by atoms with Gasteiger partial charge in [-0.05, 0) is 29.8 Å². The third kappa shape index (κ3) is 3.10. The van der Waals surface area contributed by atoms with Crippen LogP contribution in [0.5, 0.6) is 5.75 Å². The monoisotopic (exact) mass is 351 g/mol. The quantitative estimate of drug-likeness (QED) is 0.770. The van der Waals surface area contributed by atoms with Gasteiger partial charge >= 0.3 is 0 Å². The van der Waals surface area contributed by atoms with E-state index in [1.54, 1.807) is 30.3 Å². The maximum absolute atomic E-state index is 12.3. The molecular formula is C17H12ClF2NO3. The molecule has 0 aromatic heterocycles. The number of benzene rings is 2. The Morgan fingerprint density at radius 3 is 2.21 bits per heavy atom. The van der Waals surface area contributed by atoms with Gasteiger partial charge in [0.15, 0.2) is 0 Å². The summed E-state index contributed by atoms with van der Waals surface area (Å²) in [5.41, 5.74) is 1.24. The van der Waals surface area contributed by atoms with Crippen molar-refractivity contribution in [2.45, 2.75) is 13.0 Å². The van der Waals surface area contributed by atoms with Crippen LogP contribution >= 0.6 is 11.6 Å². The number of rotatable bonds is 5. The Labute approximate surface area is 141 Å². The number of ether oxygens (including phenoxy) is 1. The Bertz CT molecular complexity index is 775. The van der Waals surface area contributed by atoms with E-state index in [0.29, 0.717) is 16.7 Å². The van der Waals surface area contributed by atoms with Crippen LogP contribution in [0.1, 0.15) is 26.3 Å². The minimum absolute atomic E-state index is 0.000305. The summed E-state index contributed by atoms with van der Waals surface area (Å²) in [5, 5.41) is 0.235. The second kappa shape index (κ2) is 6.57. The Balaban J connectivity index is 1.78. The number of hydrogen-bond donors (Lipinski definition) is 0. The molecule has 0 saturated carbocycles. The molecule has 7 heteroatoms. The molecule has 0 atom stereocenters. The molecule has 2 amide bonds. The van der Waals surface area contributed by atoms with Gasteiger partial charge < -0.3 is 4.74 Å². The SMILES string of the molecule is O=C1c2ccccc2C(=O)N1Cc1ccc(OCC(F)F)cc1Cl. The zero-order valence-corrected chi connectivity index (χ0v) is 13.1. The summed E-state index contributed by atoms with van der Waals surface area (Å²) in [6.07, 6.45) is -2.58. The molecule has 0 saturated heterocycles. The van der Waals surface area contributed by atoms with E-state index in [-0.39, 0.29) is 29.1 Å². The average molecular weight is 352 g/mol. The number of imide groups is 1. The molecule has 0 bridgehead atoms. The van der Waals surface area contributed by atoms with Gasteiger partial charge in [-0.2, -0.15) is 0 Å². The first kappa shape index (κ1) is 16.4. The predicted molar refractivity (Wildman–Crippen MR) is 83.6 cm³/mol. The van der Waals surface area contributed by atoms with Gasteiger partial charge in [0.05, 0.1) is 17.7 Å². The van der Waals surface area contributed by atoms with Crippen molar-refractivity contribution in [2.75, 3.05) is 6.61 Å². The molecule has 1 heterocycles. The van der Waals surface area contributed by atoms with E-state index in [2.05, 4.69) is 0 Å². The van der Waals surface area contributed by atoms with Crippen LogP contribution < -0.4 is 4.74 Å². The van der Waals surface area contributed by atoms with Crippen molar-refractivity contribution in [2.24, 2.45) is 0 Å². The summed E-state index contributed by atoms with van der Waals surface area (Å²) in [7, 11) is 0. The number of alkyl halides is 2. The highest BCUT2D eigenvalue weighted by atomic mass is 35.5.